The average Bonchev–Trinajstić information content (AvgIpc) is 2.80. The van der Waals surface area contributed by atoms with Gasteiger partial charge >= 0.3 is 0 Å². The number of nitrogens with one attached hydrogen (secondary N) is 1. The van der Waals surface area contributed by atoms with Crippen LogP contribution >= 0.6 is 0 Å². The molecular formula is C10H18N2O2. The highest BCUT2D eigenvalue weighted by atomic mass is 16.5. The molecule has 1 atom stereocenters. The Kier molecular flexibility index (Phi) is 2.27. The lowest BCUT2D eigenvalue weighted by Crippen LogP contribution is -2.51. The first-order valence-electron chi connectivity index (χ1n) is 5.27. The van der Waals surface area contributed by atoms with Crippen LogP contribution in [0.4, 0.5) is 0 Å². The lowest BCUT2D eigenvalue weighted by molar-refractivity contribution is -0.140. The minimum atomic E-state index is -0.606. The van der Waals surface area contributed by atoms with Crippen LogP contribution in [0.3, 0.4) is 0 Å². The van der Waals surface area contributed by atoms with Crippen LogP contribution in [0.5, 0.6) is 0 Å². The van der Waals surface area contributed by atoms with Gasteiger partial charge in [0.15, 0.2) is 0 Å². The molecule has 1 amide bonds. The molecule has 1 aliphatic carbocycles. The number of nitrogens with two attached hydrogens (primary N) is 1. The van der Waals surface area contributed by atoms with Crippen LogP contribution in [0.1, 0.15) is 32.6 Å². The molecule has 0 bridgehead atoms. The minimum absolute atomic E-state index is 0.0120. The van der Waals surface area contributed by atoms with E-state index >= 15 is 0 Å². The molecule has 4 heteroatoms. The summed E-state index contributed by atoms with van der Waals surface area (Å²) >= 11 is 0. The Labute approximate surface area is 84.2 Å². The fourth-order valence-electron chi connectivity index (χ4n) is 1.86. The van der Waals surface area contributed by atoms with Gasteiger partial charge in [0.25, 0.3) is 5.91 Å². The number of rotatable bonds is 3. The highest BCUT2D eigenvalue weighted by Crippen LogP contribution is 2.35. The fraction of sp³-hybridized carbons (Fsp3) is 0.900. The third-order valence-electron chi connectivity index (χ3n) is 3.32. The summed E-state index contributed by atoms with van der Waals surface area (Å²) in [5.74, 6) is 0.0120. The Bertz CT molecular complexity index is 243. The molecule has 1 saturated heterocycles. The standard InChI is InChI=1S/C10H18N2O2/c1-9(3-2-6-14-9)8(13)12-10(7-11)4-5-10/h2-7,11H2,1H3,(H,12,13). The van der Waals surface area contributed by atoms with Gasteiger partial charge in [-0.2, -0.15) is 0 Å². The van der Waals surface area contributed by atoms with Crippen molar-refractivity contribution < 1.29 is 9.53 Å². The monoisotopic (exact) mass is 198 g/mol. The molecule has 4 nitrogen and oxygen atoms in total. The summed E-state index contributed by atoms with van der Waals surface area (Å²) in [6, 6.07) is 0. The summed E-state index contributed by atoms with van der Waals surface area (Å²) in [7, 11) is 0. The van der Waals surface area contributed by atoms with E-state index in [-0.39, 0.29) is 11.4 Å². The Balaban J connectivity index is 1.95. The number of ether oxygens (including phenoxy) is 1. The Morgan fingerprint density at radius 3 is 2.64 bits per heavy atom. The van der Waals surface area contributed by atoms with Crippen LogP contribution in [0, 0.1) is 0 Å². The van der Waals surface area contributed by atoms with Crippen molar-refractivity contribution in [3.8, 4) is 0 Å². The lowest BCUT2D eigenvalue weighted by Gasteiger charge is -2.25. The summed E-state index contributed by atoms with van der Waals surface area (Å²) in [6.07, 6.45) is 3.80. The van der Waals surface area contributed by atoms with Crippen molar-refractivity contribution in [1.82, 2.24) is 5.32 Å². The van der Waals surface area contributed by atoms with Gasteiger partial charge in [-0.1, -0.05) is 0 Å². The van der Waals surface area contributed by atoms with Crippen LogP contribution in [0.2, 0.25) is 0 Å². The largest absolute Gasteiger partial charge is 0.365 e. The van der Waals surface area contributed by atoms with Crippen molar-refractivity contribution >= 4 is 5.91 Å². The Hall–Kier alpha value is -0.610. The normalized spacial score (nSPS) is 34.1. The predicted molar refractivity (Wildman–Crippen MR) is 52.8 cm³/mol. The third kappa shape index (κ3) is 1.64. The molecule has 14 heavy (non-hydrogen) atoms. The van der Waals surface area contributed by atoms with Gasteiger partial charge in [0.2, 0.25) is 0 Å². The zero-order valence-corrected chi connectivity index (χ0v) is 8.64. The number of carbonyl (C=O) groups is 1. The minimum Gasteiger partial charge on any atom is -0.365 e. The molecule has 2 aliphatic rings. The summed E-state index contributed by atoms with van der Waals surface area (Å²) in [4.78, 5) is 11.9. The van der Waals surface area contributed by atoms with Crippen molar-refractivity contribution in [2.24, 2.45) is 5.73 Å². The maximum Gasteiger partial charge on any atom is 0.252 e. The highest BCUT2D eigenvalue weighted by Gasteiger charge is 2.47. The summed E-state index contributed by atoms with van der Waals surface area (Å²) in [5, 5.41) is 3.01. The van der Waals surface area contributed by atoms with Gasteiger partial charge in [0.1, 0.15) is 5.60 Å². The number of hydrogen-bond acceptors (Lipinski definition) is 3. The first kappa shape index (κ1) is 9.93. The van der Waals surface area contributed by atoms with E-state index in [1.54, 1.807) is 0 Å². The van der Waals surface area contributed by atoms with Crippen LogP contribution in [0.15, 0.2) is 0 Å². The van der Waals surface area contributed by atoms with Crippen LogP contribution < -0.4 is 11.1 Å². The lowest BCUT2D eigenvalue weighted by atomic mass is 10.0. The maximum absolute atomic E-state index is 11.9. The van der Waals surface area contributed by atoms with E-state index in [1.807, 2.05) is 6.92 Å². The number of amides is 1. The van der Waals surface area contributed by atoms with E-state index in [9.17, 15) is 4.79 Å². The first-order valence-corrected chi connectivity index (χ1v) is 5.27. The number of hydrogen-bond donors (Lipinski definition) is 2. The second-order valence-corrected chi connectivity index (χ2v) is 4.62. The molecule has 2 rings (SSSR count). The second-order valence-electron chi connectivity index (χ2n) is 4.62. The summed E-state index contributed by atoms with van der Waals surface area (Å²) < 4.78 is 5.47. The topological polar surface area (TPSA) is 64.4 Å². The summed E-state index contributed by atoms with van der Waals surface area (Å²) in [6.45, 7) is 3.09. The molecule has 1 heterocycles. The van der Waals surface area contributed by atoms with Gasteiger partial charge in [-0.15, -0.1) is 0 Å². The molecule has 0 aromatic carbocycles. The van der Waals surface area contributed by atoms with Crippen LogP contribution in [-0.2, 0) is 9.53 Å². The van der Waals surface area contributed by atoms with Gasteiger partial charge in [0, 0.05) is 13.2 Å². The van der Waals surface area contributed by atoms with Crippen molar-refractivity contribution in [2.45, 2.75) is 43.7 Å². The molecule has 1 saturated carbocycles. The smallest absolute Gasteiger partial charge is 0.252 e. The van der Waals surface area contributed by atoms with Crippen molar-refractivity contribution in [2.75, 3.05) is 13.2 Å². The molecule has 0 aromatic heterocycles. The van der Waals surface area contributed by atoms with E-state index in [0.29, 0.717) is 13.2 Å². The van der Waals surface area contributed by atoms with E-state index in [4.69, 9.17) is 10.5 Å². The zero-order chi connectivity index (χ0) is 10.2. The molecule has 1 aliphatic heterocycles. The molecule has 0 spiro atoms. The van der Waals surface area contributed by atoms with Gasteiger partial charge in [-0.05, 0) is 32.6 Å². The van der Waals surface area contributed by atoms with Crippen LogP contribution in [0.25, 0.3) is 0 Å². The predicted octanol–water partition coefficient (Wildman–Crippen LogP) is 0.163. The van der Waals surface area contributed by atoms with E-state index in [2.05, 4.69) is 5.32 Å². The SMILES string of the molecule is CC1(C(=O)NC2(CN)CC2)CCCO1. The van der Waals surface area contributed by atoms with Gasteiger partial charge in [-0.3, -0.25) is 4.79 Å². The summed E-state index contributed by atoms with van der Waals surface area (Å²) in [5.41, 5.74) is 4.89. The van der Waals surface area contributed by atoms with E-state index < -0.39 is 5.60 Å². The Morgan fingerprint density at radius 2 is 2.21 bits per heavy atom. The molecule has 0 radical (unpaired) electrons. The zero-order valence-electron chi connectivity index (χ0n) is 8.64. The van der Waals surface area contributed by atoms with Crippen molar-refractivity contribution in [3.05, 3.63) is 0 Å². The molecule has 0 aromatic rings. The van der Waals surface area contributed by atoms with E-state index in [1.165, 1.54) is 0 Å². The number of carbonyl (C=O) groups excluding carboxylic acids is 1. The van der Waals surface area contributed by atoms with E-state index in [0.717, 1.165) is 25.7 Å². The molecule has 80 valence electrons. The van der Waals surface area contributed by atoms with Crippen molar-refractivity contribution in [1.29, 1.82) is 0 Å². The average molecular weight is 198 g/mol. The fourth-order valence-corrected chi connectivity index (χ4v) is 1.86. The molecule has 2 fully saturated rings. The van der Waals surface area contributed by atoms with Crippen LogP contribution in [-0.4, -0.2) is 30.2 Å². The van der Waals surface area contributed by atoms with Gasteiger partial charge < -0.3 is 15.8 Å². The first-order chi connectivity index (χ1) is 6.60. The molecule has 3 N–H and O–H groups in total. The maximum atomic E-state index is 11.9. The van der Waals surface area contributed by atoms with Crippen molar-refractivity contribution in [3.63, 3.8) is 0 Å². The highest BCUT2D eigenvalue weighted by molar-refractivity contribution is 5.86. The quantitative estimate of drug-likeness (QED) is 0.679. The van der Waals surface area contributed by atoms with Gasteiger partial charge in [-0.25, -0.2) is 0 Å². The molecule has 1 unspecified atom stereocenters. The second kappa shape index (κ2) is 3.21. The van der Waals surface area contributed by atoms with Gasteiger partial charge in [0.05, 0.1) is 5.54 Å². The third-order valence-corrected chi connectivity index (χ3v) is 3.32. The molecular weight excluding hydrogens is 180 g/mol. The Morgan fingerprint density at radius 1 is 1.50 bits per heavy atom.